The molecule has 10 aliphatic rings. The molecule has 10 aliphatic heterocycles. The van der Waals surface area contributed by atoms with E-state index in [0.29, 0.717) is 6.42 Å². The fourth-order valence-corrected chi connectivity index (χ4v) is 15.4. The van der Waals surface area contributed by atoms with Gasteiger partial charge in [-0.15, -0.1) is 0 Å². The maximum atomic E-state index is 13.1. The molecule has 51 nitrogen and oxygen atoms in total. The highest BCUT2D eigenvalue weighted by atomic mass is 16.8. The van der Waals surface area contributed by atoms with Crippen LogP contribution in [0.1, 0.15) is 33.6 Å². The predicted molar refractivity (Wildman–Crippen MR) is 363 cm³/mol. The van der Waals surface area contributed by atoms with Crippen LogP contribution in [0.25, 0.3) is 0 Å². The van der Waals surface area contributed by atoms with Crippen LogP contribution in [0, 0.1) is 5.92 Å². The molecular weight excluding hydrogens is 1620 g/mol. The third-order valence-electron chi connectivity index (χ3n) is 22.4. The van der Waals surface area contributed by atoms with Crippen LogP contribution in [0.4, 0.5) is 0 Å². The van der Waals surface area contributed by atoms with Gasteiger partial charge < -0.3 is 248 Å². The molecule has 50 atom stereocenters. The van der Waals surface area contributed by atoms with E-state index in [2.05, 4.69) is 5.32 Å². The molecule has 10 rings (SSSR count). The van der Waals surface area contributed by atoms with Gasteiger partial charge in [-0.3, -0.25) is 4.79 Å². The number of hydrogen-bond acceptors (Lipinski definition) is 50. The molecule has 0 aromatic rings. The van der Waals surface area contributed by atoms with E-state index in [9.17, 15) is 153 Å². The van der Waals surface area contributed by atoms with Crippen molar-refractivity contribution in [3.05, 3.63) is 0 Å². The average molecular weight is 1730 g/mol. The summed E-state index contributed by atoms with van der Waals surface area (Å²) in [7, 11) is 0. The van der Waals surface area contributed by atoms with Crippen LogP contribution in [0.3, 0.4) is 0 Å². The number of unbranched alkanes of at least 4 members (excludes halogenated alkanes) is 1. The lowest BCUT2D eigenvalue weighted by Gasteiger charge is -2.51. The fraction of sp³-hybridized carbons (Fsp3) is 0.985. The minimum absolute atomic E-state index is 0.224. The highest BCUT2D eigenvalue weighted by Crippen LogP contribution is 2.42. The number of aliphatic hydroxyl groups excluding tert-OH is 29. The highest BCUT2D eigenvalue weighted by Gasteiger charge is 2.62. The van der Waals surface area contributed by atoms with Crippen molar-refractivity contribution in [3.8, 4) is 0 Å². The van der Waals surface area contributed by atoms with Gasteiger partial charge in [0.2, 0.25) is 5.91 Å². The molecule has 10 saturated heterocycles. The number of nitrogens with one attached hydrogen (secondary N) is 1. The SMILES string of the molecule is CCCCO[C@H]1OC(CO[C@@H]2OC(CO)[C@@H](O)[C@H](O)C2O[C@H]2OC(CO)[C@@H](O[C@@H]3OC(CO)[C@H](O[C@H]4OC(CO)[C@H](O)[C@H](O)C4C)[C@H](O)C3O)[C@H](O)C2O)[C@@H](O[C@@H]2OC(CO)[C@@H](O)[C@H](O)C2O[C@H]2OC(CO)[C@@H](O[C@@H]3OC(CO)[C@H](O[C@H]4OC(CO)[C@H](O)[C@H](O)C4O)[C@H](O)C3O)[C@H](O)C2NC(C)=O)[C@H](O[C@@H]2OC(CO)[C@@H](O)[C@H](O)C2O)C1O. The second-order valence-electron chi connectivity index (χ2n) is 30.3. The molecule has 0 aromatic heterocycles. The first-order chi connectivity index (χ1) is 56.1. The quantitative estimate of drug-likeness (QED) is 0.0271. The molecule has 0 spiro atoms. The number of aliphatic hydroxyl groups is 29. The minimum Gasteiger partial charge on any atom is -0.394 e. The number of amides is 1. The minimum atomic E-state index is -2.40. The molecule has 688 valence electrons. The first-order valence-electron chi connectivity index (χ1n) is 38.5. The molecule has 51 heteroatoms. The maximum absolute atomic E-state index is 13.1. The summed E-state index contributed by atoms with van der Waals surface area (Å²) in [5.74, 6) is -2.02. The van der Waals surface area contributed by atoms with Crippen molar-refractivity contribution >= 4 is 5.91 Å². The van der Waals surface area contributed by atoms with E-state index in [-0.39, 0.29) is 13.0 Å². The number of rotatable bonds is 33. The summed E-state index contributed by atoms with van der Waals surface area (Å²) in [5, 5.41) is 323. The third kappa shape index (κ3) is 21.0. The van der Waals surface area contributed by atoms with Crippen molar-refractivity contribution in [2.45, 2.75) is 335 Å². The third-order valence-corrected chi connectivity index (χ3v) is 22.4. The summed E-state index contributed by atoms with van der Waals surface area (Å²) in [5.41, 5.74) is 0. The van der Waals surface area contributed by atoms with Crippen molar-refractivity contribution in [1.82, 2.24) is 5.32 Å². The zero-order chi connectivity index (χ0) is 86.5. The van der Waals surface area contributed by atoms with Crippen LogP contribution in [0.15, 0.2) is 0 Å². The Hall–Kier alpha value is -2.49. The Morgan fingerprint density at radius 2 is 0.542 bits per heavy atom. The Morgan fingerprint density at radius 1 is 0.263 bits per heavy atom. The predicted octanol–water partition coefficient (Wildman–Crippen LogP) is -19.6. The van der Waals surface area contributed by atoms with Gasteiger partial charge in [-0.1, -0.05) is 20.3 Å². The van der Waals surface area contributed by atoms with Gasteiger partial charge in [0.1, 0.15) is 232 Å². The molecule has 1 amide bonds. The number of carbonyl (C=O) groups excluding carboxylic acids is 1. The lowest BCUT2D eigenvalue weighted by Crippen LogP contribution is -2.70. The summed E-state index contributed by atoms with van der Waals surface area (Å²) < 4.78 is 119. The molecule has 20 unspecified atom stereocenters. The molecule has 0 saturated carbocycles. The molecule has 10 heterocycles. The van der Waals surface area contributed by atoms with Crippen molar-refractivity contribution in [1.29, 1.82) is 0 Å². The lowest BCUT2D eigenvalue weighted by atomic mass is 9.92. The van der Waals surface area contributed by atoms with E-state index < -0.39 is 379 Å². The second kappa shape index (κ2) is 43.3. The van der Waals surface area contributed by atoms with E-state index in [1.54, 1.807) is 6.92 Å². The van der Waals surface area contributed by atoms with Crippen molar-refractivity contribution in [2.75, 3.05) is 72.7 Å². The number of ether oxygens (including phenoxy) is 20. The second-order valence-corrected chi connectivity index (χ2v) is 30.3. The van der Waals surface area contributed by atoms with Crippen LogP contribution in [0.2, 0.25) is 0 Å². The number of carbonyl (C=O) groups is 1. The summed E-state index contributed by atoms with van der Waals surface area (Å²) >= 11 is 0. The molecule has 30 N–H and O–H groups in total. The van der Waals surface area contributed by atoms with E-state index >= 15 is 0 Å². The summed E-state index contributed by atoms with van der Waals surface area (Å²) in [6.07, 6.45) is -96.7. The van der Waals surface area contributed by atoms with Gasteiger partial charge in [0.15, 0.2) is 62.9 Å². The largest absolute Gasteiger partial charge is 0.394 e. The van der Waals surface area contributed by atoms with Crippen LogP contribution in [0.5, 0.6) is 0 Å². The van der Waals surface area contributed by atoms with Crippen LogP contribution < -0.4 is 5.32 Å². The zero-order valence-electron chi connectivity index (χ0n) is 63.6. The van der Waals surface area contributed by atoms with Gasteiger partial charge in [-0.25, -0.2) is 0 Å². The molecule has 118 heavy (non-hydrogen) atoms. The average Bonchev–Trinajstić information content (AvgIpc) is 0.766. The number of hydrogen-bond donors (Lipinski definition) is 30. The molecular formula is C67H115NO50. The first-order valence-corrected chi connectivity index (χ1v) is 38.5. The lowest BCUT2D eigenvalue weighted by molar-refractivity contribution is -0.407. The normalized spacial score (nSPS) is 51.2. The van der Waals surface area contributed by atoms with Gasteiger partial charge in [0.05, 0.1) is 72.2 Å². The van der Waals surface area contributed by atoms with Crippen molar-refractivity contribution < 1.29 is 248 Å². The van der Waals surface area contributed by atoms with E-state index in [1.807, 2.05) is 0 Å². The fourth-order valence-electron chi connectivity index (χ4n) is 15.4. The topological polar surface area (TPSA) is 800 Å². The van der Waals surface area contributed by atoms with Gasteiger partial charge in [0.25, 0.3) is 0 Å². The van der Waals surface area contributed by atoms with Crippen LogP contribution in [-0.4, -0.2) is 528 Å². The Morgan fingerprint density at radius 3 is 0.941 bits per heavy atom. The van der Waals surface area contributed by atoms with E-state index in [4.69, 9.17) is 94.7 Å². The van der Waals surface area contributed by atoms with Gasteiger partial charge >= 0.3 is 0 Å². The van der Waals surface area contributed by atoms with Crippen molar-refractivity contribution in [3.63, 3.8) is 0 Å². The van der Waals surface area contributed by atoms with E-state index in [0.717, 1.165) is 6.92 Å². The zero-order valence-corrected chi connectivity index (χ0v) is 63.6. The molecule has 0 aliphatic carbocycles. The molecule has 0 bridgehead atoms. The Kier molecular flexibility index (Phi) is 35.9. The Labute approximate surface area is 670 Å². The van der Waals surface area contributed by atoms with Gasteiger partial charge in [-0.2, -0.15) is 0 Å². The molecule has 0 radical (unpaired) electrons. The van der Waals surface area contributed by atoms with Crippen LogP contribution in [-0.2, 0) is 99.5 Å². The monoisotopic (exact) mass is 1730 g/mol. The Bertz CT molecular complexity index is 2980. The summed E-state index contributed by atoms with van der Waals surface area (Å²) in [4.78, 5) is 13.1. The van der Waals surface area contributed by atoms with Gasteiger partial charge in [0, 0.05) is 19.4 Å². The first kappa shape index (κ1) is 97.7. The van der Waals surface area contributed by atoms with Crippen molar-refractivity contribution in [2.24, 2.45) is 5.92 Å². The summed E-state index contributed by atoms with van der Waals surface area (Å²) in [6, 6.07) is -2.01. The maximum Gasteiger partial charge on any atom is 0.217 e. The molecule has 0 aromatic carbocycles. The summed E-state index contributed by atoms with van der Waals surface area (Å²) in [6.45, 7) is -6.70. The standard InChI is InChI=1S/C67H115NO50/c1-4-5-6-99-60-49(98)55(116-62-45(94)38(87)33(82)21(9-71)103-62)54(115-67-57(40(89)35(84)23(11-73)105-67)117-59-29(68-18(3)78)36(85)50(24(12-74)106-59)112-63-47(96)42(91)52(26(14-76)108-63)113-61-44(93)37(86)32(81)20(8-70)102-61)28(110-60)16-100-66-56(39(88)34(83)22(10-72)104-66)118-65-48(97)43(92)53(27(15-77)109-65)114-64-46(95)41(90)51(25(13-75)107-64)111-58-17(2)30(79)31(80)19(7-69)101-58/h17,19-67,69-77,79-98H,4-16H2,1-3H3,(H,68,78)/t17?,19?,20?,21?,22?,23?,24?,25?,26?,27?,28?,29?,30-,31+,32+,33-,34-,35-,36-,37+,38+,39+,40+,41-,42-,43-,44?,45?,46?,47?,48?,49?,50-,51+,52+,53-,54-,55-,56?,57?,58-,59-,60+,61-,62+,63+,64+,65-,66-,67+/m1/s1. The molecule has 10 fully saturated rings. The van der Waals surface area contributed by atoms with E-state index in [1.165, 1.54) is 6.92 Å². The van der Waals surface area contributed by atoms with Crippen LogP contribution >= 0.6 is 0 Å². The Balaban J connectivity index is 0.923. The van der Waals surface area contributed by atoms with Gasteiger partial charge in [-0.05, 0) is 6.42 Å². The highest BCUT2D eigenvalue weighted by molar-refractivity contribution is 5.73. The smallest absolute Gasteiger partial charge is 0.217 e.